The summed E-state index contributed by atoms with van der Waals surface area (Å²) in [7, 11) is -1.50. The van der Waals surface area contributed by atoms with Gasteiger partial charge in [-0.25, -0.2) is 13.1 Å². The number of benzene rings is 2. The standard InChI is InChI=1S/C21H29N3O3S/c1-5-24(4)15-18-8-6-7-17(13-18)14-22-21(25)19-9-11-20(12-10-19)28(26,27)23-16(2)3/h6-13,16,23H,5,14-15H2,1-4H3,(H,22,25). The normalized spacial score (nSPS) is 11.8. The number of hydrogen-bond acceptors (Lipinski definition) is 4. The Morgan fingerprint density at radius 3 is 2.32 bits per heavy atom. The fourth-order valence-electron chi connectivity index (χ4n) is 2.71. The fraction of sp³-hybridized carbons (Fsp3) is 0.381. The van der Waals surface area contributed by atoms with Crippen molar-refractivity contribution in [3.8, 4) is 0 Å². The topological polar surface area (TPSA) is 78.5 Å². The minimum absolute atomic E-state index is 0.144. The maximum absolute atomic E-state index is 12.4. The Morgan fingerprint density at radius 2 is 1.71 bits per heavy atom. The lowest BCUT2D eigenvalue weighted by atomic mass is 10.1. The van der Waals surface area contributed by atoms with Crippen molar-refractivity contribution >= 4 is 15.9 Å². The second-order valence-electron chi connectivity index (χ2n) is 7.13. The minimum Gasteiger partial charge on any atom is -0.348 e. The molecule has 28 heavy (non-hydrogen) atoms. The molecule has 0 unspecified atom stereocenters. The maximum Gasteiger partial charge on any atom is 0.251 e. The summed E-state index contributed by atoms with van der Waals surface area (Å²) in [5.74, 6) is -0.239. The van der Waals surface area contributed by atoms with Crippen LogP contribution in [0.15, 0.2) is 53.4 Å². The third-order valence-electron chi connectivity index (χ3n) is 4.25. The van der Waals surface area contributed by atoms with Gasteiger partial charge in [0.2, 0.25) is 10.0 Å². The first-order valence-corrected chi connectivity index (χ1v) is 10.9. The van der Waals surface area contributed by atoms with Crippen LogP contribution < -0.4 is 10.0 Å². The van der Waals surface area contributed by atoms with Crippen molar-refractivity contribution in [2.24, 2.45) is 0 Å². The van der Waals surface area contributed by atoms with E-state index in [1.165, 1.54) is 29.8 Å². The summed E-state index contributed by atoms with van der Waals surface area (Å²) in [6.07, 6.45) is 0. The molecular formula is C21H29N3O3S. The van der Waals surface area contributed by atoms with Crippen LogP contribution >= 0.6 is 0 Å². The van der Waals surface area contributed by atoms with Crippen LogP contribution in [0.3, 0.4) is 0 Å². The van der Waals surface area contributed by atoms with Crippen LogP contribution in [0.2, 0.25) is 0 Å². The highest BCUT2D eigenvalue weighted by Crippen LogP contribution is 2.12. The van der Waals surface area contributed by atoms with Gasteiger partial charge in [0, 0.05) is 24.7 Å². The summed E-state index contributed by atoms with van der Waals surface area (Å²) in [4.78, 5) is 14.7. The number of rotatable bonds is 9. The van der Waals surface area contributed by atoms with Gasteiger partial charge in [0.25, 0.3) is 5.91 Å². The first kappa shape index (κ1) is 22.1. The van der Waals surface area contributed by atoms with Gasteiger partial charge in [-0.2, -0.15) is 0 Å². The number of nitrogens with one attached hydrogen (secondary N) is 2. The van der Waals surface area contributed by atoms with Crippen molar-refractivity contribution < 1.29 is 13.2 Å². The maximum atomic E-state index is 12.4. The van der Waals surface area contributed by atoms with E-state index in [1.807, 2.05) is 12.1 Å². The van der Waals surface area contributed by atoms with Gasteiger partial charge in [-0.05, 0) is 62.8 Å². The van der Waals surface area contributed by atoms with Crippen LogP contribution in [0, 0.1) is 0 Å². The van der Waals surface area contributed by atoms with E-state index >= 15 is 0 Å². The van der Waals surface area contributed by atoms with E-state index in [1.54, 1.807) is 13.8 Å². The fourth-order valence-corrected chi connectivity index (χ4v) is 3.96. The zero-order valence-corrected chi connectivity index (χ0v) is 17.7. The molecule has 7 heteroatoms. The monoisotopic (exact) mass is 403 g/mol. The Hall–Kier alpha value is -2.22. The van der Waals surface area contributed by atoms with Crippen molar-refractivity contribution in [3.63, 3.8) is 0 Å². The number of amides is 1. The van der Waals surface area contributed by atoms with E-state index in [2.05, 4.69) is 41.0 Å². The van der Waals surface area contributed by atoms with Gasteiger partial charge < -0.3 is 10.2 Å². The van der Waals surface area contributed by atoms with Crippen LogP contribution in [0.1, 0.15) is 42.3 Å². The number of carbonyl (C=O) groups is 1. The van der Waals surface area contributed by atoms with Crippen LogP contribution in [0.5, 0.6) is 0 Å². The van der Waals surface area contributed by atoms with Gasteiger partial charge in [-0.3, -0.25) is 4.79 Å². The Bertz CT molecular complexity index is 893. The average Bonchev–Trinajstić information content (AvgIpc) is 2.65. The molecule has 1 amide bonds. The van der Waals surface area contributed by atoms with Gasteiger partial charge in [0.05, 0.1) is 4.90 Å². The Morgan fingerprint density at radius 1 is 1.07 bits per heavy atom. The van der Waals surface area contributed by atoms with Crippen LogP contribution in [0.4, 0.5) is 0 Å². The number of hydrogen-bond donors (Lipinski definition) is 2. The highest BCUT2D eigenvalue weighted by molar-refractivity contribution is 7.89. The highest BCUT2D eigenvalue weighted by atomic mass is 32.2. The smallest absolute Gasteiger partial charge is 0.251 e. The van der Waals surface area contributed by atoms with Crippen LogP contribution in [0.25, 0.3) is 0 Å². The van der Waals surface area contributed by atoms with Crippen molar-refractivity contribution in [1.29, 1.82) is 0 Å². The largest absolute Gasteiger partial charge is 0.348 e. The molecule has 2 aromatic carbocycles. The zero-order chi connectivity index (χ0) is 20.7. The molecule has 0 saturated heterocycles. The third kappa shape index (κ3) is 6.44. The number of nitrogens with zero attached hydrogens (tertiary/aromatic N) is 1. The predicted molar refractivity (Wildman–Crippen MR) is 112 cm³/mol. The molecule has 2 N–H and O–H groups in total. The van der Waals surface area contributed by atoms with E-state index in [9.17, 15) is 13.2 Å². The molecule has 0 aromatic heterocycles. The molecule has 0 aliphatic carbocycles. The molecule has 0 saturated carbocycles. The molecule has 0 spiro atoms. The van der Waals surface area contributed by atoms with Gasteiger partial charge in [0.1, 0.15) is 0 Å². The van der Waals surface area contributed by atoms with E-state index in [4.69, 9.17) is 0 Å². The van der Waals surface area contributed by atoms with Crippen LogP contribution in [-0.2, 0) is 23.1 Å². The molecule has 0 atom stereocenters. The lowest BCUT2D eigenvalue weighted by Gasteiger charge is -2.14. The van der Waals surface area contributed by atoms with Crippen molar-refractivity contribution in [3.05, 3.63) is 65.2 Å². The lowest BCUT2D eigenvalue weighted by Crippen LogP contribution is -2.30. The van der Waals surface area contributed by atoms with E-state index < -0.39 is 10.0 Å². The van der Waals surface area contributed by atoms with Crippen molar-refractivity contribution in [2.75, 3.05) is 13.6 Å². The Labute approximate surface area is 168 Å². The van der Waals surface area contributed by atoms with E-state index in [0.29, 0.717) is 12.1 Å². The molecule has 152 valence electrons. The zero-order valence-electron chi connectivity index (χ0n) is 16.9. The third-order valence-corrected chi connectivity index (χ3v) is 5.93. The van der Waals surface area contributed by atoms with Gasteiger partial charge in [0.15, 0.2) is 0 Å². The Balaban J connectivity index is 1.99. The first-order valence-electron chi connectivity index (χ1n) is 9.38. The molecule has 0 bridgehead atoms. The molecule has 0 heterocycles. The second-order valence-corrected chi connectivity index (χ2v) is 8.85. The molecule has 2 rings (SSSR count). The summed E-state index contributed by atoms with van der Waals surface area (Å²) in [5.41, 5.74) is 2.64. The summed E-state index contributed by atoms with van der Waals surface area (Å²) < 4.78 is 26.8. The molecule has 0 radical (unpaired) electrons. The second kappa shape index (κ2) is 9.82. The van der Waals surface area contributed by atoms with Crippen LogP contribution in [-0.4, -0.2) is 38.9 Å². The number of carbonyl (C=O) groups excluding carboxylic acids is 1. The van der Waals surface area contributed by atoms with Crippen molar-refractivity contribution in [1.82, 2.24) is 14.9 Å². The number of sulfonamides is 1. The summed E-state index contributed by atoms with van der Waals surface area (Å²) in [6.45, 7) is 7.87. The predicted octanol–water partition coefficient (Wildman–Crippen LogP) is 2.76. The van der Waals surface area contributed by atoms with Gasteiger partial charge in [-0.1, -0.05) is 31.2 Å². The quantitative estimate of drug-likeness (QED) is 0.675. The average molecular weight is 404 g/mol. The molecule has 0 aliphatic rings. The SMILES string of the molecule is CCN(C)Cc1cccc(CNC(=O)c2ccc(S(=O)(=O)NC(C)C)cc2)c1. The van der Waals surface area contributed by atoms with Crippen molar-refractivity contribution in [2.45, 2.75) is 44.8 Å². The molecule has 6 nitrogen and oxygen atoms in total. The molecule has 2 aromatic rings. The van der Waals surface area contributed by atoms with E-state index in [0.717, 1.165) is 18.7 Å². The molecule has 0 aliphatic heterocycles. The summed E-state index contributed by atoms with van der Waals surface area (Å²) >= 11 is 0. The van der Waals surface area contributed by atoms with Gasteiger partial charge in [-0.15, -0.1) is 0 Å². The van der Waals surface area contributed by atoms with Gasteiger partial charge >= 0.3 is 0 Å². The summed E-state index contributed by atoms with van der Waals surface area (Å²) in [5, 5.41) is 2.88. The minimum atomic E-state index is -3.56. The molecule has 0 fully saturated rings. The molecular weight excluding hydrogens is 374 g/mol. The van der Waals surface area contributed by atoms with E-state index in [-0.39, 0.29) is 16.8 Å². The lowest BCUT2D eigenvalue weighted by molar-refractivity contribution is 0.0951. The first-order chi connectivity index (χ1) is 13.2. The highest BCUT2D eigenvalue weighted by Gasteiger charge is 2.16. The Kier molecular flexibility index (Phi) is 7.74. The summed E-state index contributed by atoms with van der Waals surface area (Å²) in [6, 6.07) is 13.9.